The quantitative estimate of drug-likeness (QED) is 0.745. The van der Waals surface area contributed by atoms with Gasteiger partial charge in [0, 0.05) is 37.4 Å². The fraction of sp³-hybridized carbons (Fsp3) is 0.458. The van der Waals surface area contributed by atoms with Gasteiger partial charge in [-0.3, -0.25) is 9.69 Å². The molecule has 0 aromatic heterocycles. The molecule has 4 heteroatoms. The third-order valence-electron chi connectivity index (χ3n) is 5.92. The van der Waals surface area contributed by atoms with Crippen molar-refractivity contribution in [2.75, 3.05) is 37.6 Å². The summed E-state index contributed by atoms with van der Waals surface area (Å²) in [5.74, 6) is 0.0340. The molecule has 1 saturated heterocycles. The van der Waals surface area contributed by atoms with Crippen LogP contribution in [0.4, 0.5) is 5.69 Å². The van der Waals surface area contributed by atoms with Crippen LogP contribution < -0.4 is 10.2 Å². The predicted molar refractivity (Wildman–Crippen MR) is 115 cm³/mol. The number of hydrogen-bond donors (Lipinski definition) is 1. The van der Waals surface area contributed by atoms with Gasteiger partial charge in [0.15, 0.2) is 0 Å². The maximum atomic E-state index is 12.4. The average Bonchev–Trinajstić information content (AvgIpc) is 3.25. The lowest BCUT2D eigenvalue weighted by Gasteiger charge is -2.31. The smallest absolute Gasteiger partial charge is 0.251 e. The normalized spacial score (nSPS) is 16.8. The second-order valence-electron chi connectivity index (χ2n) is 8.01. The second kappa shape index (κ2) is 9.24. The van der Waals surface area contributed by atoms with Gasteiger partial charge in [-0.05, 0) is 74.5 Å². The number of benzene rings is 2. The summed E-state index contributed by atoms with van der Waals surface area (Å²) >= 11 is 0. The topological polar surface area (TPSA) is 35.6 Å². The molecular weight excluding hydrogens is 346 g/mol. The molecule has 0 aliphatic carbocycles. The van der Waals surface area contributed by atoms with Crippen molar-refractivity contribution < 1.29 is 4.79 Å². The molecule has 0 atom stereocenters. The van der Waals surface area contributed by atoms with E-state index in [1.165, 1.54) is 55.6 Å². The number of aryl methyl sites for hydroxylation is 1. The van der Waals surface area contributed by atoms with Gasteiger partial charge in [-0.25, -0.2) is 0 Å². The van der Waals surface area contributed by atoms with E-state index in [2.05, 4.69) is 51.5 Å². The Hall–Kier alpha value is -2.33. The van der Waals surface area contributed by atoms with Crippen LogP contribution in [0, 0.1) is 0 Å². The summed E-state index contributed by atoms with van der Waals surface area (Å²) in [4.78, 5) is 17.4. The summed E-state index contributed by atoms with van der Waals surface area (Å²) in [6, 6.07) is 16.8. The van der Waals surface area contributed by atoms with E-state index in [0.717, 1.165) is 31.6 Å². The van der Waals surface area contributed by atoms with Crippen LogP contribution in [0.1, 0.15) is 47.2 Å². The highest BCUT2D eigenvalue weighted by molar-refractivity contribution is 5.94. The van der Waals surface area contributed by atoms with E-state index in [1.54, 1.807) is 0 Å². The summed E-state index contributed by atoms with van der Waals surface area (Å²) in [7, 11) is 0. The third-order valence-corrected chi connectivity index (χ3v) is 5.92. The van der Waals surface area contributed by atoms with Crippen LogP contribution in [-0.2, 0) is 13.0 Å². The van der Waals surface area contributed by atoms with Crippen molar-refractivity contribution in [1.82, 2.24) is 10.2 Å². The van der Waals surface area contributed by atoms with Gasteiger partial charge in [-0.1, -0.05) is 30.3 Å². The number of rotatable bonds is 7. The zero-order valence-corrected chi connectivity index (χ0v) is 16.7. The largest absolute Gasteiger partial charge is 0.371 e. The number of carbonyl (C=O) groups excluding carboxylic acids is 1. The van der Waals surface area contributed by atoms with Crippen molar-refractivity contribution in [1.29, 1.82) is 0 Å². The van der Waals surface area contributed by atoms with E-state index in [1.807, 2.05) is 12.1 Å². The van der Waals surface area contributed by atoms with Crippen molar-refractivity contribution in [3.8, 4) is 0 Å². The van der Waals surface area contributed by atoms with Crippen molar-refractivity contribution >= 4 is 11.6 Å². The van der Waals surface area contributed by atoms with Gasteiger partial charge in [0.1, 0.15) is 0 Å². The molecule has 1 fully saturated rings. The molecule has 2 aliphatic rings. The number of anilines is 1. The molecule has 1 N–H and O–H groups in total. The first-order chi connectivity index (χ1) is 13.8. The lowest BCUT2D eigenvalue weighted by Crippen LogP contribution is -2.33. The lowest BCUT2D eigenvalue weighted by molar-refractivity contribution is 0.0953. The number of amides is 1. The molecule has 2 aromatic rings. The fourth-order valence-corrected chi connectivity index (χ4v) is 4.38. The molecule has 4 rings (SSSR count). The molecule has 148 valence electrons. The molecule has 0 spiro atoms. The fourth-order valence-electron chi connectivity index (χ4n) is 4.38. The van der Waals surface area contributed by atoms with Crippen LogP contribution in [0.5, 0.6) is 0 Å². The molecule has 2 heterocycles. The Labute approximate surface area is 168 Å². The molecule has 0 saturated carbocycles. The summed E-state index contributed by atoms with van der Waals surface area (Å²) < 4.78 is 0. The molecular formula is C24H31N3O. The molecule has 0 radical (unpaired) electrons. The number of carbonyl (C=O) groups is 1. The Kier molecular flexibility index (Phi) is 6.27. The van der Waals surface area contributed by atoms with Crippen LogP contribution in [0.3, 0.4) is 0 Å². The summed E-state index contributed by atoms with van der Waals surface area (Å²) in [5.41, 5.74) is 4.87. The molecule has 28 heavy (non-hydrogen) atoms. The van der Waals surface area contributed by atoms with Gasteiger partial charge < -0.3 is 10.2 Å². The van der Waals surface area contributed by atoms with Crippen molar-refractivity contribution in [2.45, 2.75) is 38.6 Å². The highest BCUT2D eigenvalue weighted by Gasteiger charge is 2.16. The van der Waals surface area contributed by atoms with Crippen LogP contribution in [0.25, 0.3) is 0 Å². The highest BCUT2D eigenvalue weighted by Crippen LogP contribution is 2.26. The number of nitrogens with one attached hydrogen (secondary N) is 1. The number of hydrogen-bond acceptors (Lipinski definition) is 3. The molecule has 2 aromatic carbocycles. The number of fused-ring (bicyclic) bond motifs is 1. The molecule has 0 bridgehead atoms. The summed E-state index contributed by atoms with van der Waals surface area (Å²) in [6.45, 7) is 6.22. The second-order valence-corrected chi connectivity index (χ2v) is 8.01. The molecule has 1 amide bonds. The van der Waals surface area contributed by atoms with Gasteiger partial charge in [0.2, 0.25) is 0 Å². The Balaban J connectivity index is 1.21. The van der Waals surface area contributed by atoms with Crippen molar-refractivity contribution in [2.24, 2.45) is 0 Å². The van der Waals surface area contributed by atoms with Crippen LogP contribution in [0.2, 0.25) is 0 Å². The van der Waals surface area contributed by atoms with Crippen molar-refractivity contribution in [3.63, 3.8) is 0 Å². The zero-order valence-electron chi connectivity index (χ0n) is 16.7. The van der Waals surface area contributed by atoms with Gasteiger partial charge in [0.05, 0.1) is 0 Å². The maximum Gasteiger partial charge on any atom is 0.251 e. The standard InChI is InChI=1S/C24H31N3O/c28-24(22-12-10-20(11-13-22)19-26-15-3-4-16-26)25-14-6-18-27-17-5-8-21-7-1-2-9-23(21)27/h1-2,7,9-13H,3-6,8,14-19H2,(H,25,28). The van der Waals surface area contributed by atoms with E-state index < -0.39 is 0 Å². The molecule has 0 unspecified atom stereocenters. The Morgan fingerprint density at radius 1 is 0.929 bits per heavy atom. The Bertz CT molecular complexity index is 781. The summed E-state index contributed by atoms with van der Waals surface area (Å²) in [5, 5.41) is 3.08. The van der Waals surface area contributed by atoms with E-state index in [9.17, 15) is 4.79 Å². The third kappa shape index (κ3) is 4.74. The van der Waals surface area contributed by atoms with Gasteiger partial charge in [0.25, 0.3) is 5.91 Å². The first-order valence-electron chi connectivity index (χ1n) is 10.7. The van der Waals surface area contributed by atoms with Crippen LogP contribution in [0.15, 0.2) is 48.5 Å². The lowest BCUT2D eigenvalue weighted by atomic mass is 10.0. The Morgan fingerprint density at radius 3 is 2.54 bits per heavy atom. The first-order valence-corrected chi connectivity index (χ1v) is 10.7. The van der Waals surface area contributed by atoms with Crippen molar-refractivity contribution in [3.05, 3.63) is 65.2 Å². The van der Waals surface area contributed by atoms with Crippen LogP contribution >= 0.6 is 0 Å². The summed E-state index contributed by atoms with van der Waals surface area (Å²) in [6.07, 6.45) is 5.98. The minimum Gasteiger partial charge on any atom is -0.371 e. The van der Waals surface area contributed by atoms with E-state index in [0.29, 0.717) is 6.54 Å². The highest BCUT2D eigenvalue weighted by atomic mass is 16.1. The first kappa shape index (κ1) is 19.0. The van der Waals surface area contributed by atoms with Gasteiger partial charge in [-0.15, -0.1) is 0 Å². The minimum atomic E-state index is 0.0340. The van der Waals surface area contributed by atoms with E-state index in [4.69, 9.17) is 0 Å². The number of para-hydroxylation sites is 1. The Morgan fingerprint density at radius 2 is 1.71 bits per heavy atom. The molecule has 4 nitrogen and oxygen atoms in total. The molecule has 2 aliphatic heterocycles. The average molecular weight is 378 g/mol. The predicted octanol–water partition coefficient (Wildman–Crippen LogP) is 3.86. The zero-order chi connectivity index (χ0) is 19.2. The van der Waals surface area contributed by atoms with Gasteiger partial charge in [-0.2, -0.15) is 0 Å². The minimum absolute atomic E-state index is 0.0340. The van der Waals surface area contributed by atoms with E-state index in [-0.39, 0.29) is 5.91 Å². The maximum absolute atomic E-state index is 12.4. The SMILES string of the molecule is O=C(NCCCN1CCCc2ccccc21)c1ccc(CN2CCCC2)cc1. The van der Waals surface area contributed by atoms with Gasteiger partial charge >= 0.3 is 0 Å². The number of likely N-dealkylation sites (tertiary alicyclic amines) is 1. The number of nitrogens with zero attached hydrogens (tertiary/aromatic N) is 2. The van der Waals surface area contributed by atoms with E-state index >= 15 is 0 Å². The monoisotopic (exact) mass is 377 g/mol. The van der Waals surface area contributed by atoms with Crippen LogP contribution in [-0.4, -0.2) is 43.5 Å².